The minimum Gasteiger partial charge on any atom is -0.396 e. The Bertz CT molecular complexity index is 517. The first-order valence-electron chi connectivity index (χ1n) is 6.94. The second-order valence-electron chi connectivity index (χ2n) is 4.99. The molecule has 0 aliphatic carbocycles. The van der Waals surface area contributed by atoms with E-state index in [4.69, 9.17) is 5.11 Å². The minimum atomic E-state index is 0.237. The van der Waals surface area contributed by atoms with Gasteiger partial charge in [0.2, 0.25) is 0 Å². The highest BCUT2D eigenvalue weighted by Crippen LogP contribution is 2.35. The van der Waals surface area contributed by atoms with E-state index in [1.54, 1.807) is 0 Å². The Morgan fingerprint density at radius 1 is 0.842 bits per heavy atom. The minimum absolute atomic E-state index is 0.237. The third-order valence-corrected chi connectivity index (χ3v) is 3.77. The van der Waals surface area contributed by atoms with Crippen molar-refractivity contribution in [3.63, 3.8) is 0 Å². The zero-order chi connectivity index (χ0) is 13.1. The average Bonchev–Trinajstić information content (AvgIpc) is 2.62. The Hall–Kier alpha value is -1.80. The SMILES string of the molecule is OCCCN1c2ccccc2CCc2ccccc21. The molecule has 0 saturated carbocycles. The fourth-order valence-corrected chi connectivity index (χ4v) is 2.84. The van der Waals surface area contributed by atoms with Crippen LogP contribution in [-0.4, -0.2) is 18.3 Å². The van der Waals surface area contributed by atoms with Crippen LogP contribution in [0.3, 0.4) is 0 Å². The quantitative estimate of drug-likeness (QED) is 0.907. The van der Waals surface area contributed by atoms with Crippen LogP contribution in [-0.2, 0) is 12.8 Å². The van der Waals surface area contributed by atoms with Crippen LogP contribution in [0.4, 0.5) is 11.4 Å². The summed E-state index contributed by atoms with van der Waals surface area (Å²) in [6.45, 7) is 1.10. The number of nitrogens with zero attached hydrogens (tertiary/aromatic N) is 1. The molecule has 0 atom stereocenters. The molecule has 1 aliphatic rings. The Morgan fingerprint density at radius 2 is 1.37 bits per heavy atom. The van der Waals surface area contributed by atoms with Gasteiger partial charge in [0.25, 0.3) is 0 Å². The van der Waals surface area contributed by atoms with E-state index in [2.05, 4.69) is 53.4 Å². The van der Waals surface area contributed by atoms with Gasteiger partial charge in [-0.25, -0.2) is 0 Å². The molecule has 2 nitrogen and oxygen atoms in total. The molecule has 0 bridgehead atoms. The van der Waals surface area contributed by atoms with Crippen molar-refractivity contribution in [2.24, 2.45) is 0 Å². The molecule has 3 rings (SSSR count). The molecule has 19 heavy (non-hydrogen) atoms. The first-order chi connectivity index (χ1) is 9.40. The summed E-state index contributed by atoms with van der Waals surface area (Å²) >= 11 is 0. The average molecular weight is 253 g/mol. The second-order valence-corrected chi connectivity index (χ2v) is 4.99. The van der Waals surface area contributed by atoms with Crippen LogP contribution in [0.5, 0.6) is 0 Å². The van der Waals surface area contributed by atoms with Gasteiger partial charge in [-0.05, 0) is 42.5 Å². The topological polar surface area (TPSA) is 23.5 Å². The highest BCUT2D eigenvalue weighted by Gasteiger charge is 2.19. The summed E-state index contributed by atoms with van der Waals surface area (Å²) in [5, 5.41) is 9.14. The molecule has 0 unspecified atom stereocenters. The molecule has 0 aromatic heterocycles. The summed E-state index contributed by atoms with van der Waals surface area (Å²) in [7, 11) is 0. The molecule has 1 N–H and O–H groups in total. The van der Waals surface area contributed by atoms with E-state index >= 15 is 0 Å². The maximum Gasteiger partial charge on any atom is 0.0448 e. The molecular weight excluding hydrogens is 234 g/mol. The predicted molar refractivity (Wildman–Crippen MR) is 79.0 cm³/mol. The molecule has 1 heterocycles. The summed E-state index contributed by atoms with van der Waals surface area (Å²) in [4.78, 5) is 2.36. The van der Waals surface area contributed by atoms with Gasteiger partial charge in [0.1, 0.15) is 0 Å². The summed E-state index contributed by atoms with van der Waals surface area (Å²) < 4.78 is 0. The number of benzene rings is 2. The molecule has 0 spiro atoms. The first-order valence-corrected chi connectivity index (χ1v) is 6.94. The molecule has 1 aliphatic heterocycles. The van der Waals surface area contributed by atoms with Crippen molar-refractivity contribution in [2.45, 2.75) is 19.3 Å². The third kappa shape index (κ3) is 2.36. The van der Waals surface area contributed by atoms with E-state index in [1.807, 2.05) is 0 Å². The van der Waals surface area contributed by atoms with Crippen molar-refractivity contribution < 1.29 is 5.11 Å². The molecule has 0 saturated heterocycles. The molecule has 2 heteroatoms. The van der Waals surface area contributed by atoms with Crippen molar-refractivity contribution in [1.29, 1.82) is 0 Å². The van der Waals surface area contributed by atoms with Gasteiger partial charge in [-0.3, -0.25) is 0 Å². The molecule has 0 amide bonds. The van der Waals surface area contributed by atoms with Crippen molar-refractivity contribution in [3.05, 3.63) is 59.7 Å². The number of aliphatic hydroxyl groups is 1. The molecule has 2 aromatic rings. The molecule has 0 radical (unpaired) electrons. The largest absolute Gasteiger partial charge is 0.396 e. The standard InChI is InChI=1S/C17H19NO/c19-13-5-12-18-16-8-3-1-6-14(16)10-11-15-7-2-4-9-17(15)18/h1-4,6-9,19H,5,10-13H2. The van der Waals surface area contributed by atoms with Gasteiger partial charge >= 0.3 is 0 Å². The first kappa shape index (κ1) is 12.2. The lowest BCUT2D eigenvalue weighted by atomic mass is 10.0. The van der Waals surface area contributed by atoms with Gasteiger partial charge in [-0.15, -0.1) is 0 Å². The molecule has 2 aromatic carbocycles. The Balaban J connectivity index is 2.08. The normalized spacial score (nSPS) is 13.6. The van der Waals surface area contributed by atoms with Gasteiger partial charge in [0.15, 0.2) is 0 Å². The number of rotatable bonds is 3. The van der Waals surface area contributed by atoms with Crippen LogP contribution < -0.4 is 4.90 Å². The second kappa shape index (κ2) is 5.45. The van der Waals surface area contributed by atoms with E-state index in [-0.39, 0.29) is 6.61 Å². The Kier molecular flexibility index (Phi) is 3.51. The monoisotopic (exact) mass is 253 g/mol. The highest BCUT2D eigenvalue weighted by molar-refractivity contribution is 5.71. The van der Waals surface area contributed by atoms with Gasteiger partial charge in [0, 0.05) is 24.5 Å². The third-order valence-electron chi connectivity index (χ3n) is 3.77. The number of anilines is 2. The number of para-hydroxylation sites is 2. The van der Waals surface area contributed by atoms with Crippen LogP contribution in [0.25, 0.3) is 0 Å². The maximum atomic E-state index is 9.14. The Labute approximate surface area is 114 Å². The lowest BCUT2D eigenvalue weighted by molar-refractivity contribution is 0.291. The van der Waals surface area contributed by atoms with E-state index in [0.717, 1.165) is 25.8 Å². The molecule has 98 valence electrons. The summed E-state index contributed by atoms with van der Waals surface area (Å²) in [6.07, 6.45) is 2.97. The lowest BCUT2D eigenvalue weighted by Crippen LogP contribution is -2.20. The summed E-state index contributed by atoms with van der Waals surface area (Å²) in [6, 6.07) is 17.2. The summed E-state index contributed by atoms with van der Waals surface area (Å²) in [5.41, 5.74) is 5.38. The number of aliphatic hydroxyl groups excluding tert-OH is 1. The van der Waals surface area contributed by atoms with Crippen LogP contribution >= 0.6 is 0 Å². The highest BCUT2D eigenvalue weighted by atomic mass is 16.3. The van der Waals surface area contributed by atoms with Crippen LogP contribution in [0.1, 0.15) is 17.5 Å². The van der Waals surface area contributed by atoms with E-state index < -0.39 is 0 Å². The zero-order valence-electron chi connectivity index (χ0n) is 11.0. The van der Waals surface area contributed by atoms with E-state index in [9.17, 15) is 0 Å². The van der Waals surface area contributed by atoms with Crippen molar-refractivity contribution in [3.8, 4) is 0 Å². The molecule has 0 fully saturated rings. The predicted octanol–water partition coefficient (Wildman–Crippen LogP) is 3.31. The summed E-state index contributed by atoms with van der Waals surface area (Å²) in [5.74, 6) is 0. The fourth-order valence-electron chi connectivity index (χ4n) is 2.84. The smallest absolute Gasteiger partial charge is 0.0448 e. The van der Waals surface area contributed by atoms with E-state index in [1.165, 1.54) is 22.5 Å². The van der Waals surface area contributed by atoms with Crippen molar-refractivity contribution in [2.75, 3.05) is 18.1 Å². The van der Waals surface area contributed by atoms with Crippen LogP contribution in [0.2, 0.25) is 0 Å². The zero-order valence-corrected chi connectivity index (χ0v) is 11.0. The lowest BCUT2D eigenvalue weighted by Gasteiger charge is -2.26. The van der Waals surface area contributed by atoms with Crippen molar-refractivity contribution in [1.82, 2.24) is 0 Å². The van der Waals surface area contributed by atoms with E-state index in [0.29, 0.717) is 0 Å². The van der Waals surface area contributed by atoms with Crippen LogP contribution in [0.15, 0.2) is 48.5 Å². The number of hydrogen-bond donors (Lipinski definition) is 1. The Morgan fingerprint density at radius 3 is 1.89 bits per heavy atom. The van der Waals surface area contributed by atoms with Gasteiger partial charge < -0.3 is 10.0 Å². The number of fused-ring (bicyclic) bond motifs is 2. The van der Waals surface area contributed by atoms with Gasteiger partial charge in [0.05, 0.1) is 0 Å². The van der Waals surface area contributed by atoms with Crippen molar-refractivity contribution >= 4 is 11.4 Å². The number of aryl methyl sites for hydroxylation is 2. The number of hydrogen-bond acceptors (Lipinski definition) is 2. The van der Waals surface area contributed by atoms with Gasteiger partial charge in [-0.2, -0.15) is 0 Å². The van der Waals surface area contributed by atoms with Gasteiger partial charge in [-0.1, -0.05) is 36.4 Å². The molecular formula is C17H19NO. The van der Waals surface area contributed by atoms with Crippen LogP contribution in [0, 0.1) is 0 Å². The maximum absolute atomic E-state index is 9.14. The fraction of sp³-hybridized carbons (Fsp3) is 0.294.